The third-order valence-electron chi connectivity index (χ3n) is 5.87. The molecule has 1 heterocycles. The molecule has 1 N–H and O–H groups in total. The Hall–Kier alpha value is -3.15. The van der Waals surface area contributed by atoms with Crippen molar-refractivity contribution in [3.63, 3.8) is 0 Å². The first kappa shape index (κ1) is 20.1. The molecule has 0 radical (unpaired) electrons. The van der Waals surface area contributed by atoms with E-state index in [0.717, 1.165) is 31.2 Å². The van der Waals surface area contributed by atoms with Crippen LogP contribution in [0.3, 0.4) is 0 Å². The summed E-state index contributed by atoms with van der Waals surface area (Å²) in [6.07, 6.45) is 3.61. The monoisotopic (exact) mass is 406 g/mol. The molecule has 1 aliphatic carbocycles. The second-order valence-corrected chi connectivity index (χ2v) is 8.04. The lowest BCUT2D eigenvalue weighted by Gasteiger charge is -2.19. The molecule has 6 heteroatoms. The van der Waals surface area contributed by atoms with E-state index in [1.54, 1.807) is 12.1 Å². The van der Waals surface area contributed by atoms with Crippen molar-refractivity contribution >= 4 is 23.4 Å². The number of fused-ring (bicyclic) bond motifs is 1. The van der Waals surface area contributed by atoms with Gasteiger partial charge in [-0.1, -0.05) is 37.1 Å². The van der Waals surface area contributed by atoms with Crippen molar-refractivity contribution in [2.75, 3.05) is 11.9 Å². The molecule has 1 aliphatic heterocycles. The predicted molar refractivity (Wildman–Crippen MR) is 113 cm³/mol. The van der Waals surface area contributed by atoms with Crippen LogP contribution in [0.15, 0.2) is 48.5 Å². The van der Waals surface area contributed by atoms with Crippen LogP contribution in [0, 0.1) is 18.8 Å². The van der Waals surface area contributed by atoms with E-state index in [1.807, 2.05) is 43.3 Å². The summed E-state index contributed by atoms with van der Waals surface area (Å²) in [5.74, 6) is 0.381. The van der Waals surface area contributed by atoms with Crippen molar-refractivity contribution < 1.29 is 19.1 Å². The topological polar surface area (TPSA) is 75.7 Å². The molecule has 2 aromatic rings. The standard InChI is InChI=1S/C24H26N2O4/c1-16-7-6-8-17(15-16)30-21-12-5-4-11-20(21)25-22(27)13-14-26-23(28)18-9-2-3-10-19(18)24(26)29/h4-8,11-12,15,18-19H,2-3,9-10,13-14H2,1H3,(H,25,27). The van der Waals surface area contributed by atoms with Crippen molar-refractivity contribution in [1.29, 1.82) is 0 Å². The normalized spacial score (nSPS) is 20.8. The number of hydrogen-bond donors (Lipinski definition) is 1. The van der Waals surface area contributed by atoms with E-state index < -0.39 is 0 Å². The van der Waals surface area contributed by atoms with Gasteiger partial charge in [0.2, 0.25) is 17.7 Å². The Balaban J connectivity index is 1.38. The molecule has 2 atom stereocenters. The Labute approximate surface area is 176 Å². The number of nitrogens with zero attached hydrogens (tertiary/aromatic N) is 1. The first-order valence-corrected chi connectivity index (χ1v) is 10.5. The Bertz CT molecular complexity index is 947. The molecule has 0 spiro atoms. The molecule has 4 rings (SSSR count). The van der Waals surface area contributed by atoms with E-state index in [-0.39, 0.29) is 42.5 Å². The fourth-order valence-electron chi connectivity index (χ4n) is 4.34. The summed E-state index contributed by atoms with van der Waals surface area (Å²) in [5.41, 5.74) is 1.63. The maximum absolute atomic E-state index is 12.6. The molecule has 1 saturated carbocycles. The zero-order chi connectivity index (χ0) is 21.1. The minimum Gasteiger partial charge on any atom is -0.455 e. The number of likely N-dealkylation sites (tertiary alicyclic amines) is 1. The van der Waals surface area contributed by atoms with Gasteiger partial charge >= 0.3 is 0 Å². The molecular formula is C24H26N2O4. The number of aryl methyl sites for hydroxylation is 1. The number of carbonyl (C=O) groups excluding carboxylic acids is 3. The number of amides is 3. The average Bonchev–Trinajstić information content (AvgIpc) is 2.98. The number of para-hydroxylation sites is 2. The first-order valence-electron chi connectivity index (χ1n) is 10.5. The van der Waals surface area contributed by atoms with Gasteiger partial charge in [0.1, 0.15) is 5.75 Å². The van der Waals surface area contributed by atoms with Gasteiger partial charge in [0.25, 0.3) is 0 Å². The lowest BCUT2D eigenvalue weighted by atomic mass is 9.81. The third kappa shape index (κ3) is 4.22. The Morgan fingerprint density at radius 3 is 2.43 bits per heavy atom. The van der Waals surface area contributed by atoms with Crippen LogP contribution in [-0.4, -0.2) is 29.2 Å². The van der Waals surface area contributed by atoms with Crippen molar-refractivity contribution in [3.05, 3.63) is 54.1 Å². The Kier molecular flexibility index (Phi) is 5.84. The van der Waals surface area contributed by atoms with E-state index in [2.05, 4.69) is 5.32 Å². The minimum absolute atomic E-state index is 0.0652. The van der Waals surface area contributed by atoms with E-state index in [4.69, 9.17) is 4.74 Å². The van der Waals surface area contributed by atoms with Crippen molar-refractivity contribution in [2.24, 2.45) is 11.8 Å². The third-order valence-corrected chi connectivity index (χ3v) is 5.87. The van der Waals surface area contributed by atoms with Crippen LogP contribution in [0.4, 0.5) is 5.69 Å². The SMILES string of the molecule is Cc1cccc(Oc2ccccc2NC(=O)CCN2C(=O)C3CCCCC3C2=O)c1. The lowest BCUT2D eigenvalue weighted by Crippen LogP contribution is -2.34. The van der Waals surface area contributed by atoms with E-state index in [9.17, 15) is 14.4 Å². The number of nitrogens with one attached hydrogen (secondary N) is 1. The van der Waals surface area contributed by atoms with Gasteiger partial charge in [-0.25, -0.2) is 0 Å². The lowest BCUT2D eigenvalue weighted by molar-refractivity contribution is -0.140. The predicted octanol–water partition coefficient (Wildman–Crippen LogP) is 4.29. The molecule has 2 unspecified atom stereocenters. The summed E-state index contributed by atoms with van der Waals surface area (Å²) in [6, 6.07) is 14.9. The molecule has 156 valence electrons. The van der Waals surface area contributed by atoms with E-state index in [0.29, 0.717) is 17.2 Å². The van der Waals surface area contributed by atoms with Crippen LogP contribution >= 0.6 is 0 Å². The molecule has 0 aromatic heterocycles. The van der Waals surface area contributed by atoms with Crippen molar-refractivity contribution in [1.82, 2.24) is 4.90 Å². The molecule has 2 aliphatic rings. The summed E-state index contributed by atoms with van der Waals surface area (Å²) >= 11 is 0. The molecule has 1 saturated heterocycles. The number of rotatable bonds is 6. The summed E-state index contributed by atoms with van der Waals surface area (Å²) in [5, 5.41) is 2.85. The van der Waals surface area contributed by atoms with Crippen LogP contribution in [0.2, 0.25) is 0 Å². The zero-order valence-electron chi connectivity index (χ0n) is 17.1. The van der Waals surface area contributed by atoms with Crippen molar-refractivity contribution in [2.45, 2.75) is 39.0 Å². The van der Waals surface area contributed by atoms with E-state index >= 15 is 0 Å². The Morgan fingerprint density at radius 1 is 1.03 bits per heavy atom. The van der Waals surface area contributed by atoms with Crippen LogP contribution in [0.5, 0.6) is 11.5 Å². The maximum atomic E-state index is 12.6. The number of anilines is 1. The van der Waals surface area contributed by atoms with Gasteiger partial charge < -0.3 is 10.1 Å². The smallest absolute Gasteiger partial charge is 0.233 e. The molecule has 3 amide bonds. The number of carbonyl (C=O) groups is 3. The van der Waals surface area contributed by atoms with Crippen LogP contribution < -0.4 is 10.1 Å². The number of imide groups is 1. The summed E-state index contributed by atoms with van der Waals surface area (Å²) in [6.45, 7) is 2.11. The molecule has 2 fully saturated rings. The second kappa shape index (κ2) is 8.69. The van der Waals surface area contributed by atoms with Crippen molar-refractivity contribution in [3.8, 4) is 11.5 Å². The maximum Gasteiger partial charge on any atom is 0.233 e. The highest BCUT2D eigenvalue weighted by atomic mass is 16.5. The quantitative estimate of drug-likeness (QED) is 0.726. The average molecular weight is 406 g/mol. The summed E-state index contributed by atoms with van der Waals surface area (Å²) in [7, 11) is 0. The molecular weight excluding hydrogens is 380 g/mol. The van der Waals surface area contributed by atoms with Gasteiger partial charge in [-0.15, -0.1) is 0 Å². The molecule has 0 bridgehead atoms. The molecule has 6 nitrogen and oxygen atoms in total. The number of benzene rings is 2. The highest BCUT2D eigenvalue weighted by molar-refractivity contribution is 6.05. The van der Waals surface area contributed by atoms with Gasteiger partial charge in [-0.05, 0) is 49.6 Å². The van der Waals surface area contributed by atoms with Gasteiger partial charge in [0.05, 0.1) is 17.5 Å². The zero-order valence-corrected chi connectivity index (χ0v) is 17.1. The van der Waals surface area contributed by atoms with Crippen LogP contribution in [0.25, 0.3) is 0 Å². The van der Waals surface area contributed by atoms with E-state index in [1.165, 1.54) is 4.90 Å². The van der Waals surface area contributed by atoms with Gasteiger partial charge in [0.15, 0.2) is 5.75 Å². The van der Waals surface area contributed by atoms with Crippen LogP contribution in [0.1, 0.15) is 37.7 Å². The number of hydrogen-bond acceptors (Lipinski definition) is 4. The highest BCUT2D eigenvalue weighted by Gasteiger charge is 2.47. The second-order valence-electron chi connectivity index (χ2n) is 8.04. The van der Waals surface area contributed by atoms with Gasteiger partial charge in [-0.3, -0.25) is 19.3 Å². The fourth-order valence-corrected chi connectivity index (χ4v) is 4.34. The molecule has 30 heavy (non-hydrogen) atoms. The van der Waals surface area contributed by atoms with Gasteiger partial charge in [-0.2, -0.15) is 0 Å². The highest BCUT2D eigenvalue weighted by Crippen LogP contribution is 2.38. The minimum atomic E-state index is -0.259. The number of ether oxygens (including phenoxy) is 1. The summed E-state index contributed by atoms with van der Waals surface area (Å²) in [4.78, 5) is 38.9. The Morgan fingerprint density at radius 2 is 1.73 bits per heavy atom. The first-order chi connectivity index (χ1) is 14.5. The van der Waals surface area contributed by atoms with Crippen LogP contribution in [-0.2, 0) is 14.4 Å². The molecule has 2 aromatic carbocycles. The summed E-state index contributed by atoms with van der Waals surface area (Å²) < 4.78 is 5.93. The van der Waals surface area contributed by atoms with Gasteiger partial charge in [0, 0.05) is 13.0 Å². The fraction of sp³-hybridized carbons (Fsp3) is 0.375. The largest absolute Gasteiger partial charge is 0.455 e.